The average Bonchev–Trinajstić information content (AvgIpc) is 1.68. The number of nitrogens with two attached hydrogens (primary N) is 4. The Kier molecular flexibility index (Phi) is 71.7. The zero-order valence-electron chi connectivity index (χ0n) is 87.3. The molecule has 0 bridgehead atoms. The van der Waals surface area contributed by atoms with Gasteiger partial charge in [-0.05, 0) is 147 Å². The van der Waals surface area contributed by atoms with Crippen molar-refractivity contribution in [2.45, 2.75) is 373 Å². The summed E-state index contributed by atoms with van der Waals surface area (Å²) >= 11 is 0. The lowest BCUT2D eigenvalue weighted by Crippen LogP contribution is -2.57. The third kappa shape index (κ3) is 60.8. The number of Topliss-reactive ketones (excluding diaryl/α,β-unsaturated/α-hetero) is 6. The first-order chi connectivity index (χ1) is 69.2. The maximum absolute atomic E-state index is 14.3. The first-order valence-corrected chi connectivity index (χ1v) is 52.9. The van der Waals surface area contributed by atoms with Crippen molar-refractivity contribution in [3.05, 3.63) is 0 Å². The molecule has 0 unspecified atom stereocenters. The van der Waals surface area contributed by atoms with Crippen molar-refractivity contribution in [3.63, 3.8) is 0 Å². The molecule has 0 radical (unpaired) electrons. The minimum absolute atomic E-state index is 0.0114. The molecule has 20 N–H and O–H groups in total. The zero-order chi connectivity index (χ0) is 108. The third-order valence-corrected chi connectivity index (χ3v) is 25.8. The molecule has 2 aliphatic heterocycles. The Morgan fingerprint density at radius 2 is 0.883 bits per heavy atom. The lowest BCUT2D eigenvalue weighted by molar-refractivity contribution is -0.142. The molecule has 43 heteroatoms. The molecule has 2 rings (SSSR count). The smallest absolute Gasteiger partial charge is 0.303 e. The number of hydrogen-bond acceptors (Lipinski definition) is 28. The van der Waals surface area contributed by atoms with Crippen molar-refractivity contribution < 1.29 is 140 Å². The molecule has 9 amide bonds. The molecule has 828 valence electrons. The number of hydrogen-bond donors (Lipinski definition) is 16. The lowest BCUT2D eigenvalue weighted by atomic mass is 9.87. The van der Waals surface area contributed by atoms with Crippen molar-refractivity contribution in [2.75, 3.05) is 112 Å². The van der Waals surface area contributed by atoms with Gasteiger partial charge in [0.15, 0.2) is 34.9 Å². The van der Waals surface area contributed by atoms with E-state index in [0.29, 0.717) is 83.7 Å². The number of carbonyl (C=O) groups excluding carboxylic acids is 15. The molecule has 2 heterocycles. The number of carboxylic acids is 4. The Hall–Kier alpha value is -9.92. The number of unbranched alkanes of at least 4 members (excludes halogenated alkanes) is 15. The molecular formula is C102H176N14O29. The van der Waals surface area contributed by atoms with Gasteiger partial charge in [-0.3, -0.25) is 96.1 Å². The summed E-state index contributed by atoms with van der Waals surface area (Å²) in [5, 5.41) is 60.3. The average molecular weight is 2060 g/mol. The van der Waals surface area contributed by atoms with E-state index in [9.17, 15) is 112 Å². The number of nitrogens with zero attached hydrogens (tertiary/aromatic N) is 2. The van der Waals surface area contributed by atoms with Gasteiger partial charge in [0.05, 0.1) is 103 Å². The van der Waals surface area contributed by atoms with E-state index >= 15 is 0 Å². The van der Waals surface area contributed by atoms with Crippen molar-refractivity contribution in [3.8, 4) is 0 Å². The summed E-state index contributed by atoms with van der Waals surface area (Å²) in [6.07, 6.45) is 13.6. The van der Waals surface area contributed by atoms with Gasteiger partial charge in [-0.2, -0.15) is 0 Å². The molecule has 0 aromatic carbocycles. The number of aliphatic imine (C=N–C) groups is 1. The second-order valence-electron chi connectivity index (χ2n) is 38.8. The number of rotatable bonds is 87. The van der Waals surface area contributed by atoms with Crippen LogP contribution in [0.15, 0.2) is 4.99 Å². The minimum Gasteiger partial charge on any atom is -0.481 e. The SMILES string of the molecule is CCCCCCCCCCCCCCCC(=O)C[C@H](C(=O)N[C@H](C(=O)C[C@@H](C)C(=O)N[C@@H](C)C(=O)C[C@@H](CCC(=O)O)C(=O)N[C@@H](CCC(=O)O)C(=O)C[C@@H](CCC(=O)O)C(=O)N[C@@H](CCC(=O)O)C(=O)CCCOCCOCCOCCOCCOCCOCCC(=O)NCCCC[C@@H]1NC(=O)[C@H]2CCCN2C(=O)[C@H](CCCN=C(N)N)NC(=O)[C@H](CCCCN)NC(=O)[C@H](CCCCN)CC1=O)C(C)C)C(C)C. The number of aliphatic carboxylic acids is 4. The first-order valence-electron chi connectivity index (χ1n) is 52.9. The highest BCUT2D eigenvalue weighted by molar-refractivity contribution is 6.00. The van der Waals surface area contributed by atoms with E-state index in [1.807, 2.05) is 13.8 Å². The molecule has 0 aromatic heterocycles. The number of amides is 9. The summed E-state index contributed by atoms with van der Waals surface area (Å²) in [7, 11) is 0. The largest absolute Gasteiger partial charge is 0.481 e. The van der Waals surface area contributed by atoms with Gasteiger partial charge in [0.1, 0.15) is 23.9 Å². The van der Waals surface area contributed by atoms with Gasteiger partial charge in [-0.15, -0.1) is 0 Å². The highest BCUT2D eigenvalue weighted by Gasteiger charge is 2.42. The molecule has 0 aromatic rings. The maximum Gasteiger partial charge on any atom is 0.303 e. The molecule has 43 nitrogen and oxygen atoms in total. The minimum atomic E-state index is -1.72. The summed E-state index contributed by atoms with van der Waals surface area (Å²) in [6.45, 7) is 15.8. The van der Waals surface area contributed by atoms with Crippen LogP contribution >= 0.6 is 0 Å². The zero-order valence-corrected chi connectivity index (χ0v) is 87.3. The van der Waals surface area contributed by atoms with E-state index in [1.54, 1.807) is 13.8 Å². The fourth-order valence-electron chi connectivity index (χ4n) is 17.0. The standard InChI is InChI=1S/C102H176N14O29/c1-8-9-10-11-12-13-14-15-16-17-18-19-20-31-75(117)67-76(68(2)3)98(136)115-93(69(4)5)87(122)63-70(6)94(132)109-71(7)84(119)64-73(37-41-89(124)125)96(134)111-79(40-44-92(130)131)86(121)66-74(38-42-90(126)127)97(135)110-78(39-43-91(128)129)83(118)36-29-51-140-53-55-142-57-59-144-61-62-145-60-58-143-56-54-141-52-45-88(123)107-48-26-23-32-77-85(120)65-72(30-21-24-46-103)95(133)113-80(33-22-25-47-104)99(137)114-81(34-27-49-108-102(105)106)101(139)116-50-28-35-82(116)100(138)112-77/h68-74,76-82,93H,8-67,103-104H2,1-7H3,(H,107,123)(H,109,132)(H,110,135)(H,111,134)(H,112,138)(H,113,133)(H,114,137)(H,115,136)(H,124,125)(H,126,127)(H,128,129)(H,130,131)(H4,105,106,108)/t70-,71+,72-,73-,74-,76+,77+,78+,79+,80+,81+,82-,93+/m1/s1. The Morgan fingerprint density at radius 1 is 0.421 bits per heavy atom. The Bertz CT molecular complexity index is 3950. The van der Waals surface area contributed by atoms with Crippen LogP contribution in [0.1, 0.15) is 325 Å². The number of carboxylic acid groups (broad SMARTS) is 4. The number of ketones is 6. The highest BCUT2D eigenvalue weighted by Crippen LogP contribution is 2.27. The Morgan fingerprint density at radius 3 is 1.39 bits per heavy atom. The third-order valence-electron chi connectivity index (χ3n) is 25.8. The van der Waals surface area contributed by atoms with Gasteiger partial charge >= 0.3 is 23.9 Å². The molecule has 0 saturated carbocycles. The molecule has 145 heavy (non-hydrogen) atoms. The molecule has 2 fully saturated rings. The van der Waals surface area contributed by atoms with E-state index in [4.69, 9.17) is 51.4 Å². The maximum atomic E-state index is 14.3. The Balaban J connectivity index is 1.85. The molecule has 13 atom stereocenters. The molecule has 0 spiro atoms. The molecular weight excluding hydrogens is 1890 g/mol. The second-order valence-corrected chi connectivity index (χ2v) is 38.8. The van der Waals surface area contributed by atoms with Crippen LogP contribution in [0.2, 0.25) is 0 Å². The van der Waals surface area contributed by atoms with E-state index in [-0.39, 0.29) is 186 Å². The van der Waals surface area contributed by atoms with E-state index < -0.39 is 242 Å². The predicted octanol–water partition coefficient (Wildman–Crippen LogP) is 5.99. The summed E-state index contributed by atoms with van der Waals surface area (Å²) in [6, 6.07) is -9.60. The molecule has 0 aliphatic carbocycles. The van der Waals surface area contributed by atoms with Crippen molar-refractivity contribution in [1.29, 1.82) is 0 Å². The van der Waals surface area contributed by atoms with Crippen LogP contribution in [0.4, 0.5) is 0 Å². The van der Waals surface area contributed by atoms with Gasteiger partial charge in [-0.1, -0.05) is 125 Å². The van der Waals surface area contributed by atoms with Crippen LogP contribution in [-0.2, 0) is 120 Å². The summed E-state index contributed by atoms with van der Waals surface area (Å²) in [4.78, 5) is 261. The first kappa shape index (κ1) is 131. The summed E-state index contributed by atoms with van der Waals surface area (Å²) < 4.78 is 33.4. The van der Waals surface area contributed by atoms with Crippen LogP contribution in [0.25, 0.3) is 0 Å². The predicted molar refractivity (Wildman–Crippen MR) is 539 cm³/mol. The van der Waals surface area contributed by atoms with E-state index in [2.05, 4.69) is 54.5 Å². The van der Waals surface area contributed by atoms with E-state index in [1.165, 1.54) is 76.5 Å². The van der Waals surface area contributed by atoms with Crippen LogP contribution < -0.4 is 65.5 Å². The van der Waals surface area contributed by atoms with Crippen molar-refractivity contribution in [1.82, 2.24) is 47.4 Å². The van der Waals surface area contributed by atoms with Gasteiger partial charge in [0.25, 0.3) is 0 Å². The molecule has 2 aliphatic rings. The van der Waals surface area contributed by atoms with Crippen LogP contribution in [-0.4, -0.2) is 303 Å². The lowest BCUT2D eigenvalue weighted by Gasteiger charge is -2.30. The van der Waals surface area contributed by atoms with Gasteiger partial charge in [0, 0.05) is 133 Å². The summed E-state index contributed by atoms with van der Waals surface area (Å²) in [5.41, 5.74) is 22.7. The van der Waals surface area contributed by atoms with Crippen molar-refractivity contribution >= 4 is 118 Å². The number of fused-ring (bicyclic) bond motifs is 1. The number of guanidine groups is 1. The van der Waals surface area contributed by atoms with Gasteiger partial charge < -0.3 is 119 Å². The fourth-order valence-corrected chi connectivity index (χ4v) is 17.0. The number of ether oxygens (including phenoxy) is 6. The van der Waals surface area contributed by atoms with E-state index in [0.717, 1.165) is 25.7 Å². The Labute approximate surface area is 855 Å². The van der Waals surface area contributed by atoms with Crippen LogP contribution in [0, 0.1) is 41.4 Å². The van der Waals surface area contributed by atoms with Crippen LogP contribution in [0.5, 0.6) is 0 Å². The normalized spacial score (nSPS) is 17.4. The molecule has 2 saturated heterocycles. The van der Waals surface area contributed by atoms with Crippen molar-refractivity contribution in [2.24, 2.45) is 69.4 Å². The quantitative estimate of drug-likeness (QED) is 0.0189. The summed E-state index contributed by atoms with van der Waals surface area (Å²) in [5.74, 6) is -21.0. The van der Waals surface area contributed by atoms with Crippen LogP contribution in [0.3, 0.4) is 0 Å². The fraction of sp³-hybridized carbons (Fsp3) is 0.804. The monoisotopic (exact) mass is 2060 g/mol. The number of carbonyl (C=O) groups is 19. The number of nitrogens with one attached hydrogen (secondary N) is 8. The van der Waals surface area contributed by atoms with Gasteiger partial charge in [0.2, 0.25) is 53.2 Å². The second kappa shape index (κ2) is 79.3. The van der Waals surface area contributed by atoms with Gasteiger partial charge in [-0.25, -0.2) is 0 Å². The topological polar surface area (TPSA) is 677 Å². The highest BCUT2D eigenvalue weighted by atomic mass is 16.6.